The van der Waals surface area contributed by atoms with E-state index < -0.39 is 8.07 Å². The van der Waals surface area contributed by atoms with Crippen LogP contribution in [-0.4, -0.2) is 18.0 Å². The van der Waals surface area contributed by atoms with Crippen LogP contribution in [0.5, 0.6) is 0 Å². The molecule has 8 rings (SSSR count). The van der Waals surface area contributed by atoms with Crippen LogP contribution in [0.15, 0.2) is 156 Å². The van der Waals surface area contributed by atoms with E-state index >= 15 is 0 Å². The number of furan rings is 1. The Morgan fingerprint density at radius 2 is 1.25 bits per heavy atom. The second-order valence-electron chi connectivity index (χ2n) is 12.6. The average Bonchev–Trinajstić information content (AvgIpc) is 3.50. The van der Waals surface area contributed by atoms with Crippen LogP contribution in [0.1, 0.15) is 0 Å². The topological polar surface area (TPSA) is 38.9 Å². The fourth-order valence-electron chi connectivity index (χ4n) is 5.62. The van der Waals surface area contributed by atoms with Crippen molar-refractivity contribution in [1.29, 1.82) is 0 Å². The van der Waals surface area contributed by atoms with Gasteiger partial charge in [-0.25, -0.2) is 0 Å². The van der Waals surface area contributed by atoms with E-state index in [1.54, 1.807) is 0 Å². The van der Waals surface area contributed by atoms with Crippen molar-refractivity contribution in [2.45, 2.75) is 19.6 Å². The van der Waals surface area contributed by atoms with Crippen molar-refractivity contribution < 1.29 is 24.5 Å². The third-order valence-corrected chi connectivity index (χ3v) is 10.3. The fraction of sp³-hybridized carbons (Fsp3) is 0.0698. The van der Waals surface area contributed by atoms with Crippen LogP contribution in [0.25, 0.3) is 66.7 Å². The van der Waals surface area contributed by atoms with Crippen molar-refractivity contribution in [3.05, 3.63) is 164 Å². The van der Waals surface area contributed by atoms with Crippen molar-refractivity contribution >= 4 is 35.2 Å². The Kier molecular flexibility index (Phi) is 9.93. The second kappa shape index (κ2) is 14.5. The number of pyridine rings is 2. The fourth-order valence-corrected chi connectivity index (χ4v) is 6.65. The van der Waals surface area contributed by atoms with E-state index in [1.807, 2.05) is 60.9 Å². The quantitative estimate of drug-likeness (QED) is 0.128. The van der Waals surface area contributed by atoms with Gasteiger partial charge in [0, 0.05) is 37.9 Å². The van der Waals surface area contributed by atoms with Crippen molar-refractivity contribution in [3.8, 4) is 44.8 Å². The Morgan fingerprint density at radius 1 is 0.542 bits per heavy atom. The number of aromatic nitrogens is 2. The van der Waals surface area contributed by atoms with Gasteiger partial charge in [-0.15, -0.1) is 59.7 Å². The van der Waals surface area contributed by atoms with Gasteiger partial charge >= 0.3 is 0 Å². The minimum atomic E-state index is -1.23. The van der Waals surface area contributed by atoms with E-state index in [-0.39, 0.29) is 20.1 Å². The number of fused-ring (bicyclic) bond motifs is 3. The normalized spacial score (nSPS) is 11.1. The second-order valence-corrected chi connectivity index (χ2v) is 17.6. The van der Waals surface area contributed by atoms with E-state index in [9.17, 15) is 0 Å². The van der Waals surface area contributed by atoms with Gasteiger partial charge in [-0.3, -0.25) is 0 Å². The van der Waals surface area contributed by atoms with Gasteiger partial charge in [-0.2, -0.15) is 0 Å². The Balaban J connectivity index is 0.000000201. The maximum Gasteiger partial charge on any atom is 0.121 e. The zero-order valence-electron chi connectivity index (χ0n) is 27.1. The minimum absolute atomic E-state index is 0. The first kappa shape index (κ1) is 33.0. The molecular formula is C43H34IrN2OSi-2. The molecule has 0 aliphatic rings. The van der Waals surface area contributed by atoms with E-state index in [2.05, 4.69) is 133 Å². The van der Waals surface area contributed by atoms with Crippen LogP contribution in [0.2, 0.25) is 19.6 Å². The van der Waals surface area contributed by atoms with Gasteiger partial charge in [0.15, 0.2) is 0 Å². The maximum atomic E-state index is 6.15. The summed E-state index contributed by atoms with van der Waals surface area (Å²) in [5.41, 5.74) is 10.3. The van der Waals surface area contributed by atoms with E-state index in [0.717, 1.165) is 55.6 Å². The number of hydrogen-bond donors (Lipinski definition) is 0. The monoisotopic (exact) mass is 815 g/mol. The molecule has 0 fully saturated rings. The molecule has 0 atom stereocenters. The summed E-state index contributed by atoms with van der Waals surface area (Å²) in [5, 5.41) is 3.58. The molecule has 48 heavy (non-hydrogen) atoms. The molecule has 8 aromatic rings. The number of nitrogens with zero attached hydrogens (tertiary/aromatic N) is 2. The third kappa shape index (κ3) is 7.29. The van der Waals surface area contributed by atoms with Gasteiger partial charge in [0.05, 0.1) is 13.7 Å². The molecule has 0 aliphatic carbocycles. The standard InChI is InChI=1S/C29H18NO.C14H16NSi.Ir/c1-3-7-20(8-4-1)22-11-13-25-26-17-24(12-14-28(26)31-29(25)19-22)27-18-23(15-16-30-27)21-9-5-2-6-10-21;1-16(2,3)13-9-10-14(15-11-13)12-7-5-4-6-8-12;/h1-11,13-19H;4-7,9-11H,1-3H3;/q2*-1;. The molecule has 3 heterocycles. The molecule has 0 unspecified atom stereocenters. The molecule has 5 heteroatoms. The summed E-state index contributed by atoms with van der Waals surface area (Å²) in [7, 11) is -1.23. The molecule has 0 aliphatic heterocycles. The van der Waals surface area contributed by atoms with Crippen molar-refractivity contribution in [2.75, 3.05) is 0 Å². The molecule has 0 saturated carbocycles. The molecular weight excluding hydrogens is 781 g/mol. The van der Waals surface area contributed by atoms with Crippen LogP contribution in [-0.2, 0) is 20.1 Å². The summed E-state index contributed by atoms with van der Waals surface area (Å²) in [4.78, 5) is 9.12. The molecule has 0 bridgehead atoms. The summed E-state index contributed by atoms with van der Waals surface area (Å²) in [6.07, 6.45) is 3.87. The largest absolute Gasteiger partial charge is 0.500 e. The third-order valence-electron chi connectivity index (χ3n) is 8.27. The molecule has 3 nitrogen and oxygen atoms in total. The van der Waals surface area contributed by atoms with E-state index in [0.29, 0.717) is 0 Å². The zero-order valence-corrected chi connectivity index (χ0v) is 30.5. The predicted molar refractivity (Wildman–Crippen MR) is 198 cm³/mol. The van der Waals surface area contributed by atoms with Crippen LogP contribution in [0.4, 0.5) is 0 Å². The van der Waals surface area contributed by atoms with Gasteiger partial charge < -0.3 is 14.4 Å². The molecule has 237 valence electrons. The predicted octanol–water partition coefficient (Wildman–Crippen LogP) is 10.9. The Hall–Kier alpha value is -4.93. The average molecular weight is 815 g/mol. The summed E-state index contributed by atoms with van der Waals surface area (Å²) in [6, 6.07) is 54.1. The number of rotatable bonds is 5. The zero-order chi connectivity index (χ0) is 32.2. The first-order valence-corrected chi connectivity index (χ1v) is 19.3. The van der Waals surface area contributed by atoms with Gasteiger partial charge in [-0.1, -0.05) is 116 Å². The Labute approximate surface area is 296 Å². The van der Waals surface area contributed by atoms with Crippen LogP contribution in [0, 0.1) is 12.1 Å². The first-order valence-electron chi connectivity index (χ1n) is 15.8. The molecule has 0 amide bonds. The number of hydrogen-bond acceptors (Lipinski definition) is 3. The molecule has 1 radical (unpaired) electrons. The molecule has 0 N–H and O–H groups in total. The Morgan fingerprint density at radius 3 is 1.90 bits per heavy atom. The smallest absolute Gasteiger partial charge is 0.121 e. The molecule has 3 aromatic heterocycles. The van der Waals surface area contributed by atoms with Crippen LogP contribution in [0.3, 0.4) is 0 Å². The maximum absolute atomic E-state index is 6.15. The van der Waals surface area contributed by atoms with E-state index in [1.165, 1.54) is 16.3 Å². The number of benzene rings is 5. The summed E-state index contributed by atoms with van der Waals surface area (Å²) < 4.78 is 6.15. The summed E-state index contributed by atoms with van der Waals surface area (Å²) >= 11 is 0. The first-order chi connectivity index (χ1) is 22.9. The van der Waals surface area contributed by atoms with Gasteiger partial charge in [0.2, 0.25) is 0 Å². The van der Waals surface area contributed by atoms with E-state index in [4.69, 9.17) is 4.42 Å². The molecule has 5 aromatic carbocycles. The SMILES string of the molecule is C[Si](C)(C)c1ccc(-c2[c-]cccc2)nc1.[Ir].[c-]1cc2oc3cc(-c4ccccc4)ccc3c2cc1-c1cc(-c2ccccc2)ccn1. The van der Waals surface area contributed by atoms with Crippen molar-refractivity contribution in [3.63, 3.8) is 0 Å². The van der Waals surface area contributed by atoms with Crippen molar-refractivity contribution in [1.82, 2.24) is 9.97 Å². The van der Waals surface area contributed by atoms with Gasteiger partial charge in [0.1, 0.15) is 5.58 Å². The minimum Gasteiger partial charge on any atom is -0.500 e. The Bertz CT molecular complexity index is 2260. The van der Waals surface area contributed by atoms with Gasteiger partial charge in [0.25, 0.3) is 0 Å². The summed E-state index contributed by atoms with van der Waals surface area (Å²) in [6.45, 7) is 7.00. The molecule has 0 spiro atoms. The van der Waals surface area contributed by atoms with Crippen LogP contribution >= 0.6 is 0 Å². The summed E-state index contributed by atoms with van der Waals surface area (Å²) in [5.74, 6) is 0. The van der Waals surface area contributed by atoms with Crippen molar-refractivity contribution in [2.24, 2.45) is 0 Å². The molecule has 0 saturated heterocycles. The van der Waals surface area contributed by atoms with Gasteiger partial charge in [-0.05, 0) is 51.0 Å². The van der Waals surface area contributed by atoms with Crippen LogP contribution < -0.4 is 5.19 Å².